The molecule has 106 valence electrons. The fraction of sp³-hybridized carbons (Fsp3) is 0.364. The van der Waals surface area contributed by atoms with E-state index in [-0.39, 0.29) is 27.9 Å². The number of sulfonamides is 1. The van der Waals surface area contributed by atoms with Crippen molar-refractivity contribution < 1.29 is 17.9 Å². The van der Waals surface area contributed by atoms with Crippen LogP contribution in [0.1, 0.15) is 16.8 Å². The SMILES string of the molecule is COC(=O)c1ccc(Cl)c(NS(=O)(=O)CCCCl)c1. The molecule has 0 bridgehead atoms. The van der Waals surface area contributed by atoms with Gasteiger partial charge in [-0.05, 0) is 24.6 Å². The van der Waals surface area contributed by atoms with Crippen LogP contribution in [0.5, 0.6) is 0 Å². The minimum Gasteiger partial charge on any atom is -0.465 e. The maximum Gasteiger partial charge on any atom is 0.337 e. The monoisotopic (exact) mass is 325 g/mol. The second kappa shape index (κ2) is 6.98. The molecular weight excluding hydrogens is 313 g/mol. The van der Waals surface area contributed by atoms with Crippen LogP contribution in [-0.2, 0) is 14.8 Å². The van der Waals surface area contributed by atoms with E-state index in [1.165, 1.54) is 25.3 Å². The minimum atomic E-state index is -3.54. The summed E-state index contributed by atoms with van der Waals surface area (Å²) in [5, 5.41) is 0.196. The summed E-state index contributed by atoms with van der Waals surface area (Å²) in [7, 11) is -2.30. The second-order valence-corrected chi connectivity index (χ2v) is 6.28. The summed E-state index contributed by atoms with van der Waals surface area (Å²) >= 11 is 11.3. The molecule has 1 aromatic rings. The molecular formula is C11H13Cl2NO4S. The van der Waals surface area contributed by atoms with Crippen LogP contribution in [-0.4, -0.2) is 33.1 Å². The van der Waals surface area contributed by atoms with E-state index in [4.69, 9.17) is 23.2 Å². The zero-order valence-corrected chi connectivity index (χ0v) is 12.5. The summed E-state index contributed by atoms with van der Waals surface area (Å²) in [6.07, 6.45) is 0.325. The van der Waals surface area contributed by atoms with Gasteiger partial charge in [0.1, 0.15) is 0 Å². The molecule has 0 aliphatic carbocycles. The predicted molar refractivity (Wildman–Crippen MR) is 75.5 cm³/mol. The Labute approximate surface area is 121 Å². The lowest BCUT2D eigenvalue weighted by Crippen LogP contribution is -2.17. The van der Waals surface area contributed by atoms with E-state index in [1.54, 1.807) is 0 Å². The van der Waals surface area contributed by atoms with E-state index >= 15 is 0 Å². The molecule has 0 radical (unpaired) electrons. The average molecular weight is 326 g/mol. The van der Waals surface area contributed by atoms with Crippen molar-refractivity contribution >= 4 is 44.9 Å². The number of ether oxygens (including phenoxy) is 1. The molecule has 0 atom stereocenters. The Morgan fingerprint density at radius 3 is 2.68 bits per heavy atom. The molecule has 19 heavy (non-hydrogen) atoms. The Morgan fingerprint density at radius 2 is 2.11 bits per heavy atom. The van der Waals surface area contributed by atoms with Crippen LogP contribution in [0, 0.1) is 0 Å². The van der Waals surface area contributed by atoms with Crippen LogP contribution in [0.25, 0.3) is 0 Å². The molecule has 0 aliphatic rings. The van der Waals surface area contributed by atoms with Crippen LogP contribution >= 0.6 is 23.2 Å². The van der Waals surface area contributed by atoms with E-state index < -0.39 is 16.0 Å². The molecule has 1 aromatic carbocycles. The van der Waals surface area contributed by atoms with Gasteiger partial charge in [0.15, 0.2) is 0 Å². The summed E-state index contributed by atoms with van der Waals surface area (Å²) in [6, 6.07) is 4.20. The number of rotatable bonds is 6. The number of benzene rings is 1. The van der Waals surface area contributed by atoms with E-state index in [9.17, 15) is 13.2 Å². The largest absolute Gasteiger partial charge is 0.465 e. The number of hydrogen-bond acceptors (Lipinski definition) is 4. The third-order valence-electron chi connectivity index (χ3n) is 2.20. The summed E-state index contributed by atoms with van der Waals surface area (Å²) < 4.78 is 30.3. The zero-order chi connectivity index (χ0) is 14.5. The number of hydrogen-bond donors (Lipinski definition) is 1. The Balaban J connectivity index is 2.97. The van der Waals surface area contributed by atoms with Crippen molar-refractivity contribution in [1.29, 1.82) is 0 Å². The first kappa shape index (κ1) is 16.1. The number of anilines is 1. The molecule has 0 saturated heterocycles. The van der Waals surface area contributed by atoms with Gasteiger partial charge in [-0.1, -0.05) is 11.6 Å². The molecule has 0 aliphatic heterocycles. The van der Waals surface area contributed by atoms with Crippen LogP contribution in [0.4, 0.5) is 5.69 Å². The third kappa shape index (κ3) is 4.89. The highest BCUT2D eigenvalue weighted by atomic mass is 35.5. The van der Waals surface area contributed by atoms with E-state index in [0.717, 1.165) is 0 Å². The number of esters is 1. The highest BCUT2D eigenvalue weighted by Crippen LogP contribution is 2.24. The first-order chi connectivity index (χ1) is 8.89. The molecule has 0 spiro atoms. The van der Waals surface area contributed by atoms with Gasteiger partial charge < -0.3 is 4.74 Å². The van der Waals surface area contributed by atoms with Gasteiger partial charge in [-0.2, -0.15) is 0 Å². The van der Waals surface area contributed by atoms with Crippen molar-refractivity contribution in [2.75, 3.05) is 23.5 Å². The summed E-state index contributed by atoms with van der Waals surface area (Å²) in [6.45, 7) is 0. The molecule has 8 heteroatoms. The lowest BCUT2D eigenvalue weighted by Gasteiger charge is -2.10. The first-order valence-electron chi connectivity index (χ1n) is 5.34. The van der Waals surface area contributed by atoms with Crippen molar-refractivity contribution in [2.45, 2.75) is 6.42 Å². The number of nitrogens with one attached hydrogen (secondary N) is 1. The quantitative estimate of drug-likeness (QED) is 0.644. The minimum absolute atomic E-state index is 0.116. The number of alkyl halides is 1. The van der Waals surface area contributed by atoms with E-state index in [2.05, 4.69) is 9.46 Å². The Morgan fingerprint density at radius 1 is 1.42 bits per heavy atom. The molecule has 5 nitrogen and oxygen atoms in total. The first-order valence-corrected chi connectivity index (χ1v) is 7.90. The Bertz CT molecular complexity index is 560. The van der Waals surface area contributed by atoms with Gasteiger partial charge in [0.2, 0.25) is 10.0 Å². The molecule has 0 unspecified atom stereocenters. The lowest BCUT2D eigenvalue weighted by molar-refractivity contribution is 0.0601. The van der Waals surface area contributed by atoms with Crippen LogP contribution in [0.2, 0.25) is 5.02 Å². The van der Waals surface area contributed by atoms with E-state index in [1.807, 2.05) is 0 Å². The number of halogens is 2. The van der Waals surface area contributed by atoms with Gasteiger partial charge in [-0.3, -0.25) is 4.72 Å². The van der Waals surface area contributed by atoms with Gasteiger partial charge in [-0.25, -0.2) is 13.2 Å². The highest BCUT2D eigenvalue weighted by molar-refractivity contribution is 7.92. The molecule has 0 aromatic heterocycles. The third-order valence-corrected chi connectivity index (χ3v) is 4.15. The van der Waals surface area contributed by atoms with Gasteiger partial charge in [0.25, 0.3) is 0 Å². The molecule has 1 N–H and O–H groups in total. The second-order valence-electron chi connectivity index (χ2n) is 3.65. The fourth-order valence-electron chi connectivity index (χ4n) is 1.31. The number of carbonyl (C=O) groups is 1. The Kier molecular flexibility index (Phi) is 5.90. The average Bonchev–Trinajstić information content (AvgIpc) is 2.38. The summed E-state index contributed by atoms with van der Waals surface area (Å²) in [5.41, 5.74) is 0.348. The fourth-order valence-corrected chi connectivity index (χ4v) is 2.95. The highest BCUT2D eigenvalue weighted by Gasteiger charge is 2.14. The molecule has 0 amide bonds. The predicted octanol–water partition coefficient (Wildman–Crippen LogP) is 2.50. The molecule has 1 rings (SSSR count). The molecule has 0 fully saturated rings. The Hall–Kier alpha value is -0.980. The van der Waals surface area contributed by atoms with Crippen LogP contribution in [0.3, 0.4) is 0 Å². The number of carbonyl (C=O) groups excluding carboxylic acids is 1. The zero-order valence-electron chi connectivity index (χ0n) is 10.2. The molecule has 0 heterocycles. The standard InChI is InChI=1S/C11H13Cl2NO4S/c1-18-11(15)8-3-4-9(13)10(7-8)14-19(16,17)6-2-5-12/h3-4,7,14H,2,5-6H2,1H3. The van der Waals surface area contributed by atoms with Crippen molar-refractivity contribution in [1.82, 2.24) is 0 Å². The van der Waals surface area contributed by atoms with Gasteiger partial charge in [-0.15, -0.1) is 11.6 Å². The van der Waals surface area contributed by atoms with Gasteiger partial charge in [0, 0.05) is 5.88 Å². The maximum absolute atomic E-state index is 11.7. The number of methoxy groups -OCH3 is 1. The normalized spacial score (nSPS) is 11.1. The van der Waals surface area contributed by atoms with Crippen molar-refractivity contribution in [3.05, 3.63) is 28.8 Å². The smallest absolute Gasteiger partial charge is 0.337 e. The van der Waals surface area contributed by atoms with Gasteiger partial charge in [0.05, 0.1) is 29.1 Å². The summed E-state index contributed by atoms with van der Waals surface area (Å²) in [4.78, 5) is 11.4. The van der Waals surface area contributed by atoms with Crippen molar-refractivity contribution in [3.63, 3.8) is 0 Å². The van der Waals surface area contributed by atoms with Crippen molar-refractivity contribution in [2.24, 2.45) is 0 Å². The molecule has 0 saturated carbocycles. The van der Waals surface area contributed by atoms with Crippen LogP contribution in [0.15, 0.2) is 18.2 Å². The lowest BCUT2D eigenvalue weighted by atomic mass is 10.2. The van der Waals surface area contributed by atoms with Crippen molar-refractivity contribution in [3.8, 4) is 0 Å². The summed E-state index contributed by atoms with van der Waals surface area (Å²) in [5.74, 6) is -0.440. The topological polar surface area (TPSA) is 72.5 Å². The van der Waals surface area contributed by atoms with Gasteiger partial charge >= 0.3 is 5.97 Å². The van der Waals surface area contributed by atoms with Crippen LogP contribution < -0.4 is 4.72 Å². The maximum atomic E-state index is 11.7. The van der Waals surface area contributed by atoms with E-state index in [0.29, 0.717) is 6.42 Å².